The highest BCUT2D eigenvalue weighted by Crippen LogP contribution is 2.26. The Labute approximate surface area is 166 Å². The maximum absolute atomic E-state index is 13.6. The number of rotatable bonds is 9. The number of nitrogens with one attached hydrogen (secondary N) is 3. The van der Waals surface area contributed by atoms with Crippen LogP contribution < -0.4 is 16.0 Å². The lowest BCUT2D eigenvalue weighted by Crippen LogP contribution is -2.39. The van der Waals surface area contributed by atoms with E-state index >= 15 is 0 Å². The van der Waals surface area contributed by atoms with Gasteiger partial charge in [0.15, 0.2) is 15.8 Å². The van der Waals surface area contributed by atoms with Crippen LogP contribution in [0.3, 0.4) is 0 Å². The SMILES string of the molecule is CN=C(NCCCNC(=O)C1CCC1)NCc1cc(F)ccc1CS(C)(=O)=O. The van der Waals surface area contributed by atoms with Crippen molar-refractivity contribution in [1.29, 1.82) is 0 Å². The fourth-order valence-electron chi connectivity index (χ4n) is 2.90. The van der Waals surface area contributed by atoms with Crippen LogP contribution in [0.5, 0.6) is 0 Å². The molecule has 0 aliphatic heterocycles. The summed E-state index contributed by atoms with van der Waals surface area (Å²) in [6.07, 6.45) is 5.01. The quantitative estimate of drug-likeness (QED) is 0.323. The molecule has 0 radical (unpaired) electrons. The highest BCUT2D eigenvalue weighted by Gasteiger charge is 2.24. The molecule has 0 aromatic heterocycles. The number of halogens is 1. The van der Waals surface area contributed by atoms with Crippen molar-refractivity contribution in [1.82, 2.24) is 16.0 Å². The summed E-state index contributed by atoms with van der Waals surface area (Å²) in [7, 11) is -1.60. The molecule has 1 aliphatic rings. The van der Waals surface area contributed by atoms with E-state index in [9.17, 15) is 17.6 Å². The lowest BCUT2D eigenvalue weighted by Gasteiger charge is -2.24. The molecule has 3 N–H and O–H groups in total. The molecule has 0 atom stereocenters. The number of hydrogen-bond donors (Lipinski definition) is 3. The van der Waals surface area contributed by atoms with Crippen molar-refractivity contribution >= 4 is 21.7 Å². The first kappa shape index (κ1) is 22.1. The van der Waals surface area contributed by atoms with Crippen molar-refractivity contribution < 1.29 is 17.6 Å². The Bertz CT molecular complexity index is 807. The zero-order valence-electron chi connectivity index (χ0n) is 16.4. The van der Waals surface area contributed by atoms with Gasteiger partial charge in [0.1, 0.15) is 5.82 Å². The molecule has 0 heterocycles. The van der Waals surface area contributed by atoms with E-state index in [0.29, 0.717) is 30.2 Å². The fourth-order valence-corrected chi connectivity index (χ4v) is 3.75. The van der Waals surface area contributed by atoms with Crippen LogP contribution >= 0.6 is 0 Å². The van der Waals surface area contributed by atoms with Crippen LogP contribution in [-0.2, 0) is 26.9 Å². The molecular formula is C19H29FN4O3S. The predicted octanol–water partition coefficient (Wildman–Crippen LogP) is 1.34. The first-order chi connectivity index (χ1) is 13.3. The van der Waals surface area contributed by atoms with Crippen LogP contribution in [0.4, 0.5) is 4.39 Å². The average Bonchev–Trinajstić information content (AvgIpc) is 2.56. The Morgan fingerprint density at radius 2 is 1.89 bits per heavy atom. The number of sulfone groups is 1. The number of benzene rings is 1. The number of carbonyl (C=O) groups is 1. The molecule has 1 amide bonds. The molecule has 156 valence electrons. The second-order valence-electron chi connectivity index (χ2n) is 7.11. The smallest absolute Gasteiger partial charge is 0.223 e. The molecule has 1 fully saturated rings. The monoisotopic (exact) mass is 412 g/mol. The van der Waals surface area contributed by atoms with Gasteiger partial charge in [-0.25, -0.2) is 12.8 Å². The molecule has 1 aromatic carbocycles. The number of nitrogens with zero attached hydrogens (tertiary/aromatic N) is 1. The van der Waals surface area contributed by atoms with Gasteiger partial charge in [0.2, 0.25) is 5.91 Å². The van der Waals surface area contributed by atoms with Crippen molar-refractivity contribution in [3.8, 4) is 0 Å². The first-order valence-electron chi connectivity index (χ1n) is 9.46. The Hall–Kier alpha value is -2.16. The number of aliphatic imine (C=N–C) groups is 1. The van der Waals surface area contributed by atoms with Crippen molar-refractivity contribution in [2.45, 2.75) is 38.0 Å². The summed E-state index contributed by atoms with van der Waals surface area (Å²) in [6, 6.07) is 4.08. The van der Waals surface area contributed by atoms with E-state index in [1.165, 1.54) is 18.2 Å². The van der Waals surface area contributed by atoms with Crippen molar-refractivity contribution in [3.05, 3.63) is 35.1 Å². The number of hydrogen-bond acceptors (Lipinski definition) is 4. The molecule has 28 heavy (non-hydrogen) atoms. The normalized spacial score (nSPS) is 15.0. The maximum atomic E-state index is 13.6. The van der Waals surface area contributed by atoms with Crippen LogP contribution in [0, 0.1) is 11.7 Å². The van der Waals surface area contributed by atoms with E-state index in [4.69, 9.17) is 0 Å². The van der Waals surface area contributed by atoms with Gasteiger partial charge in [-0.1, -0.05) is 12.5 Å². The van der Waals surface area contributed by atoms with E-state index in [1.54, 1.807) is 7.05 Å². The molecule has 0 unspecified atom stereocenters. The summed E-state index contributed by atoms with van der Waals surface area (Å²) in [4.78, 5) is 15.9. The van der Waals surface area contributed by atoms with Crippen LogP contribution in [0.25, 0.3) is 0 Å². The average molecular weight is 413 g/mol. The number of carbonyl (C=O) groups excluding carboxylic acids is 1. The molecule has 1 saturated carbocycles. The molecule has 1 aliphatic carbocycles. The fraction of sp³-hybridized carbons (Fsp3) is 0.579. The first-order valence-corrected chi connectivity index (χ1v) is 11.5. The summed E-state index contributed by atoms with van der Waals surface area (Å²) in [5.74, 6) is 0.295. The second-order valence-corrected chi connectivity index (χ2v) is 9.25. The number of guanidine groups is 1. The molecule has 7 nitrogen and oxygen atoms in total. The van der Waals surface area contributed by atoms with E-state index in [1.807, 2.05) is 0 Å². The summed E-state index contributed by atoms with van der Waals surface area (Å²) in [6.45, 7) is 1.46. The Balaban J connectivity index is 1.77. The summed E-state index contributed by atoms with van der Waals surface area (Å²) in [5, 5.41) is 9.13. The standard InChI is InChI=1S/C19H29FN4O3S/c1-21-19(23-10-4-9-22-18(25)14-5-3-6-14)24-12-16-11-17(20)8-7-15(16)13-28(2,26)27/h7-8,11,14H,3-6,9-10,12-13H2,1-2H3,(H,22,25)(H2,21,23,24). The van der Waals surface area contributed by atoms with Crippen molar-refractivity contribution in [2.75, 3.05) is 26.4 Å². The third-order valence-corrected chi connectivity index (χ3v) is 5.51. The topological polar surface area (TPSA) is 99.7 Å². The minimum Gasteiger partial charge on any atom is -0.356 e. The molecule has 0 bridgehead atoms. The van der Waals surface area contributed by atoms with Gasteiger partial charge in [-0.05, 0) is 42.5 Å². The minimum atomic E-state index is -3.22. The molecular weight excluding hydrogens is 383 g/mol. The van der Waals surface area contributed by atoms with Crippen molar-refractivity contribution in [2.24, 2.45) is 10.9 Å². The lowest BCUT2D eigenvalue weighted by atomic mass is 9.85. The number of amides is 1. The van der Waals surface area contributed by atoms with E-state index in [-0.39, 0.29) is 24.1 Å². The van der Waals surface area contributed by atoms with Gasteiger partial charge in [0.25, 0.3) is 0 Å². The Morgan fingerprint density at radius 1 is 1.18 bits per heavy atom. The van der Waals surface area contributed by atoms with Crippen LogP contribution in [0.2, 0.25) is 0 Å². The van der Waals surface area contributed by atoms with Crippen LogP contribution in [0.15, 0.2) is 23.2 Å². The van der Waals surface area contributed by atoms with Gasteiger partial charge in [-0.2, -0.15) is 0 Å². The Morgan fingerprint density at radius 3 is 2.50 bits per heavy atom. The van der Waals surface area contributed by atoms with Crippen LogP contribution in [-0.4, -0.2) is 46.7 Å². The molecule has 2 rings (SSSR count). The largest absolute Gasteiger partial charge is 0.356 e. The minimum absolute atomic E-state index is 0.137. The molecule has 0 saturated heterocycles. The van der Waals surface area contributed by atoms with Gasteiger partial charge in [0.05, 0.1) is 5.75 Å². The van der Waals surface area contributed by atoms with Gasteiger partial charge in [0, 0.05) is 38.9 Å². The van der Waals surface area contributed by atoms with Gasteiger partial charge in [-0.15, -0.1) is 0 Å². The van der Waals surface area contributed by atoms with Crippen molar-refractivity contribution in [3.63, 3.8) is 0 Å². The second kappa shape index (κ2) is 10.4. The molecule has 1 aromatic rings. The van der Waals surface area contributed by atoms with E-state index in [0.717, 1.165) is 31.9 Å². The van der Waals surface area contributed by atoms with Gasteiger partial charge in [-0.3, -0.25) is 9.79 Å². The third-order valence-electron chi connectivity index (χ3n) is 4.68. The van der Waals surface area contributed by atoms with E-state index < -0.39 is 15.7 Å². The van der Waals surface area contributed by atoms with Gasteiger partial charge >= 0.3 is 0 Å². The lowest BCUT2D eigenvalue weighted by molar-refractivity contribution is -0.127. The highest BCUT2D eigenvalue weighted by atomic mass is 32.2. The Kier molecular flexibility index (Phi) is 8.22. The summed E-state index contributed by atoms with van der Waals surface area (Å²) in [5.41, 5.74) is 1.13. The van der Waals surface area contributed by atoms with Gasteiger partial charge < -0.3 is 16.0 Å². The zero-order valence-corrected chi connectivity index (χ0v) is 17.2. The molecule has 9 heteroatoms. The predicted molar refractivity (Wildman–Crippen MR) is 108 cm³/mol. The summed E-state index contributed by atoms with van der Waals surface area (Å²) < 4.78 is 36.7. The molecule has 0 spiro atoms. The zero-order chi connectivity index (χ0) is 20.6. The highest BCUT2D eigenvalue weighted by molar-refractivity contribution is 7.89. The third kappa shape index (κ3) is 7.46. The van der Waals surface area contributed by atoms with Crippen LogP contribution in [0.1, 0.15) is 36.8 Å². The summed E-state index contributed by atoms with van der Waals surface area (Å²) >= 11 is 0. The maximum Gasteiger partial charge on any atom is 0.223 e. The van der Waals surface area contributed by atoms with E-state index in [2.05, 4.69) is 20.9 Å².